The highest BCUT2D eigenvalue weighted by Crippen LogP contribution is 2.37. The molecule has 0 atom stereocenters. The van der Waals surface area contributed by atoms with Crippen molar-refractivity contribution in [1.29, 1.82) is 0 Å². The fourth-order valence-electron chi connectivity index (χ4n) is 2.10. The van der Waals surface area contributed by atoms with Gasteiger partial charge in [0.05, 0.1) is 31.4 Å². The van der Waals surface area contributed by atoms with Crippen molar-refractivity contribution in [3.05, 3.63) is 22.2 Å². The van der Waals surface area contributed by atoms with Gasteiger partial charge in [-0.2, -0.15) is 0 Å². The van der Waals surface area contributed by atoms with Crippen LogP contribution in [0.3, 0.4) is 0 Å². The maximum atomic E-state index is 5.63. The molecule has 0 N–H and O–H groups in total. The quantitative estimate of drug-likeness (QED) is 0.771. The highest BCUT2D eigenvalue weighted by atomic mass is 79.9. The van der Waals surface area contributed by atoms with Crippen LogP contribution < -0.4 is 9.47 Å². The maximum absolute atomic E-state index is 5.63. The van der Waals surface area contributed by atoms with E-state index in [4.69, 9.17) is 26.4 Å². The van der Waals surface area contributed by atoms with E-state index in [0.29, 0.717) is 18.1 Å². The number of hydrogen-bond acceptors (Lipinski definition) is 4. The molecule has 0 bridgehead atoms. The third-order valence-corrected chi connectivity index (χ3v) is 4.14. The predicted octanol–water partition coefficient (Wildman–Crippen LogP) is 2.86. The summed E-state index contributed by atoms with van der Waals surface area (Å²) in [5, 5.41) is 0. The molecule has 0 aromatic heterocycles. The number of hydrogen-bond donors (Lipinski definition) is 0. The molecule has 110 valence electrons. The lowest BCUT2D eigenvalue weighted by atomic mass is 10.1. The van der Waals surface area contributed by atoms with Gasteiger partial charge in [-0.1, -0.05) is 12.2 Å². The van der Waals surface area contributed by atoms with E-state index in [1.54, 1.807) is 7.11 Å². The zero-order valence-electron chi connectivity index (χ0n) is 11.6. The molecule has 0 saturated carbocycles. The van der Waals surface area contributed by atoms with Crippen LogP contribution in [0.15, 0.2) is 16.6 Å². The van der Waals surface area contributed by atoms with Crippen LogP contribution in [0.4, 0.5) is 0 Å². The Bertz CT molecular complexity index is 490. The normalized spacial score (nSPS) is 15.1. The molecule has 1 aromatic rings. The fourth-order valence-corrected chi connectivity index (χ4v) is 3.01. The number of rotatable bonds is 4. The second kappa shape index (κ2) is 7.24. The largest absolute Gasteiger partial charge is 0.492 e. The molecule has 4 nitrogen and oxygen atoms in total. The van der Waals surface area contributed by atoms with Crippen molar-refractivity contribution in [3.63, 3.8) is 0 Å². The van der Waals surface area contributed by atoms with Crippen LogP contribution in [-0.4, -0.2) is 49.9 Å². The number of benzene rings is 1. The Balaban J connectivity index is 2.29. The second-order valence-corrected chi connectivity index (χ2v) is 5.57. The van der Waals surface area contributed by atoms with Crippen molar-refractivity contribution in [1.82, 2.24) is 4.90 Å². The molecule has 1 heterocycles. The summed E-state index contributed by atoms with van der Waals surface area (Å²) in [5.74, 6) is 1.40. The Kier molecular flexibility index (Phi) is 5.63. The summed E-state index contributed by atoms with van der Waals surface area (Å²) >= 11 is 9.09. The standard InChI is InChI=1S/C14H18BrNO3S/c1-3-19-12-9-10(8-11(15)13(12)17-2)14(20)16-4-6-18-7-5-16/h8-9H,3-7H2,1-2H3. The Labute approximate surface area is 133 Å². The van der Waals surface area contributed by atoms with Crippen LogP contribution in [0, 0.1) is 0 Å². The topological polar surface area (TPSA) is 30.9 Å². The third-order valence-electron chi connectivity index (χ3n) is 3.06. The van der Waals surface area contributed by atoms with E-state index in [1.165, 1.54) is 0 Å². The number of methoxy groups -OCH3 is 1. The van der Waals surface area contributed by atoms with Gasteiger partial charge in [-0.25, -0.2) is 0 Å². The van der Waals surface area contributed by atoms with Crippen molar-refractivity contribution >= 4 is 33.1 Å². The first kappa shape index (κ1) is 15.5. The van der Waals surface area contributed by atoms with Crippen LogP contribution in [0.1, 0.15) is 12.5 Å². The van der Waals surface area contributed by atoms with Crippen LogP contribution in [0.5, 0.6) is 11.5 Å². The van der Waals surface area contributed by atoms with Crippen LogP contribution in [-0.2, 0) is 4.74 Å². The number of ether oxygens (including phenoxy) is 3. The molecular formula is C14H18BrNO3S. The van der Waals surface area contributed by atoms with E-state index in [0.717, 1.165) is 41.3 Å². The molecule has 1 aromatic carbocycles. The molecule has 0 unspecified atom stereocenters. The second-order valence-electron chi connectivity index (χ2n) is 4.33. The van der Waals surface area contributed by atoms with E-state index in [2.05, 4.69) is 20.8 Å². The van der Waals surface area contributed by atoms with E-state index in [-0.39, 0.29) is 0 Å². The molecule has 0 amide bonds. The molecular weight excluding hydrogens is 342 g/mol. The van der Waals surface area contributed by atoms with Gasteiger partial charge in [0.2, 0.25) is 0 Å². The SMILES string of the molecule is CCOc1cc(C(=S)N2CCOCC2)cc(Br)c1OC. The van der Waals surface area contributed by atoms with Gasteiger partial charge >= 0.3 is 0 Å². The zero-order valence-corrected chi connectivity index (χ0v) is 14.1. The van der Waals surface area contributed by atoms with Crippen molar-refractivity contribution in [2.24, 2.45) is 0 Å². The Morgan fingerprint density at radius 3 is 2.70 bits per heavy atom. The average molecular weight is 360 g/mol. The molecule has 0 radical (unpaired) electrons. The lowest BCUT2D eigenvalue weighted by molar-refractivity contribution is 0.0693. The number of nitrogens with zero attached hydrogens (tertiary/aromatic N) is 1. The summed E-state index contributed by atoms with van der Waals surface area (Å²) in [6.45, 7) is 5.61. The lowest BCUT2D eigenvalue weighted by Crippen LogP contribution is -2.40. The van der Waals surface area contributed by atoms with Crippen LogP contribution in [0.2, 0.25) is 0 Å². The van der Waals surface area contributed by atoms with Crippen molar-refractivity contribution in [2.75, 3.05) is 40.0 Å². The molecule has 6 heteroatoms. The Morgan fingerprint density at radius 1 is 1.40 bits per heavy atom. The van der Waals surface area contributed by atoms with Gasteiger partial charge < -0.3 is 19.1 Å². The van der Waals surface area contributed by atoms with E-state index < -0.39 is 0 Å². The summed E-state index contributed by atoms with van der Waals surface area (Å²) in [6, 6.07) is 3.91. The summed E-state index contributed by atoms with van der Waals surface area (Å²) in [6.07, 6.45) is 0. The van der Waals surface area contributed by atoms with Gasteiger partial charge in [0.25, 0.3) is 0 Å². The summed E-state index contributed by atoms with van der Waals surface area (Å²) in [5.41, 5.74) is 0.957. The molecule has 0 aliphatic carbocycles. The Morgan fingerprint density at radius 2 is 2.10 bits per heavy atom. The van der Waals surface area contributed by atoms with Crippen molar-refractivity contribution in [2.45, 2.75) is 6.92 Å². The summed E-state index contributed by atoms with van der Waals surface area (Å²) in [4.78, 5) is 2.97. The predicted molar refractivity (Wildman–Crippen MR) is 86.0 cm³/mol. The maximum Gasteiger partial charge on any atom is 0.174 e. The number of thiocarbonyl (C=S) groups is 1. The summed E-state index contributed by atoms with van der Waals surface area (Å²) in [7, 11) is 1.63. The molecule has 1 saturated heterocycles. The highest BCUT2D eigenvalue weighted by molar-refractivity contribution is 9.10. The molecule has 0 spiro atoms. The Hall–Kier alpha value is -0.850. The van der Waals surface area contributed by atoms with Gasteiger partial charge in [-0.15, -0.1) is 0 Å². The zero-order chi connectivity index (χ0) is 14.5. The minimum atomic E-state index is 0.580. The lowest BCUT2D eigenvalue weighted by Gasteiger charge is -2.29. The van der Waals surface area contributed by atoms with E-state index in [1.807, 2.05) is 19.1 Å². The van der Waals surface area contributed by atoms with Gasteiger partial charge in [0.15, 0.2) is 11.5 Å². The first-order valence-electron chi connectivity index (χ1n) is 6.54. The molecule has 1 aliphatic rings. The first-order valence-corrected chi connectivity index (χ1v) is 7.74. The highest BCUT2D eigenvalue weighted by Gasteiger charge is 2.18. The summed E-state index contributed by atoms with van der Waals surface area (Å²) < 4.78 is 17.2. The van der Waals surface area contributed by atoms with Gasteiger partial charge in [0, 0.05) is 18.7 Å². The number of morpholine rings is 1. The third kappa shape index (κ3) is 3.42. The smallest absolute Gasteiger partial charge is 0.174 e. The minimum absolute atomic E-state index is 0.580. The van der Waals surface area contributed by atoms with Crippen LogP contribution in [0.25, 0.3) is 0 Å². The van der Waals surface area contributed by atoms with Gasteiger partial charge in [-0.05, 0) is 35.0 Å². The molecule has 20 heavy (non-hydrogen) atoms. The number of halogens is 1. The monoisotopic (exact) mass is 359 g/mol. The van der Waals surface area contributed by atoms with Crippen molar-refractivity contribution in [3.8, 4) is 11.5 Å². The van der Waals surface area contributed by atoms with E-state index in [9.17, 15) is 0 Å². The molecule has 2 rings (SSSR count). The molecule has 1 aliphatic heterocycles. The van der Waals surface area contributed by atoms with E-state index >= 15 is 0 Å². The first-order chi connectivity index (χ1) is 9.67. The van der Waals surface area contributed by atoms with Gasteiger partial charge in [-0.3, -0.25) is 0 Å². The van der Waals surface area contributed by atoms with Crippen molar-refractivity contribution < 1.29 is 14.2 Å². The molecule has 1 fully saturated rings. The fraction of sp³-hybridized carbons (Fsp3) is 0.500. The van der Waals surface area contributed by atoms with Crippen LogP contribution >= 0.6 is 28.1 Å². The van der Waals surface area contributed by atoms with Gasteiger partial charge in [0.1, 0.15) is 4.99 Å². The average Bonchev–Trinajstić information content (AvgIpc) is 2.47. The minimum Gasteiger partial charge on any atom is -0.492 e.